The van der Waals surface area contributed by atoms with Gasteiger partial charge in [0.2, 0.25) is 0 Å². The predicted octanol–water partition coefficient (Wildman–Crippen LogP) is 7.19. The number of fused-ring (bicyclic) bond motifs is 1. The number of rotatable bonds is 4. The van der Waals surface area contributed by atoms with E-state index >= 15 is 0 Å². The van der Waals surface area contributed by atoms with Crippen molar-refractivity contribution < 1.29 is 0 Å². The maximum absolute atomic E-state index is 6.27. The Morgan fingerprint density at radius 1 is 1.04 bits per heavy atom. The van der Waals surface area contributed by atoms with E-state index in [1.54, 1.807) is 17.7 Å². The van der Waals surface area contributed by atoms with Crippen LogP contribution in [0.4, 0.5) is 11.5 Å². The third kappa shape index (κ3) is 3.55. The zero-order valence-corrected chi connectivity index (χ0v) is 17.0. The first-order valence-corrected chi connectivity index (χ1v) is 10.1. The average molecular weight is 394 g/mol. The van der Waals surface area contributed by atoms with Gasteiger partial charge in [-0.3, -0.25) is 0 Å². The van der Waals surface area contributed by atoms with Crippen molar-refractivity contribution in [2.75, 3.05) is 5.32 Å². The van der Waals surface area contributed by atoms with Crippen molar-refractivity contribution in [2.45, 2.75) is 26.7 Å². The molecular weight excluding hydrogens is 374 g/mol. The number of aromatic nitrogens is 2. The van der Waals surface area contributed by atoms with E-state index in [0.29, 0.717) is 5.92 Å². The van der Waals surface area contributed by atoms with Crippen molar-refractivity contribution in [3.63, 3.8) is 0 Å². The molecular formula is C22H20ClN3S. The van der Waals surface area contributed by atoms with E-state index in [1.165, 1.54) is 11.1 Å². The summed E-state index contributed by atoms with van der Waals surface area (Å²) < 4.78 is 0. The second kappa shape index (κ2) is 7.29. The van der Waals surface area contributed by atoms with Gasteiger partial charge in [0, 0.05) is 21.7 Å². The van der Waals surface area contributed by atoms with Crippen molar-refractivity contribution in [1.29, 1.82) is 0 Å². The lowest BCUT2D eigenvalue weighted by Gasteiger charge is -2.10. The van der Waals surface area contributed by atoms with Gasteiger partial charge in [-0.1, -0.05) is 55.8 Å². The standard InChI is InChI=1S/C22H20ClN3S/c1-13(2)15-5-7-16(8-6-15)18-11-27-22-20(18)21(24-12-25-22)26-17-9-4-14(3)19(23)10-17/h4-13H,1-3H3,(H,24,25,26). The maximum Gasteiger partial charge on any atom is 0.143 e. The summed E-state index contributed by atoms with van der Waals surface area (Å²) in [5.41, 5.74) is 5.62. The molecule has 4 aromatic rings. The van der Waals surface area contributed by atoms with Gasteiger partial charge in [-0.25, -0.2) is 9.97 Å². The first-order valence-electron chi connectivity index (χ1n) is 8.88. The van der Waals surface area contributed by atoms with Crippen molar-refractivity contribution in [2.24, 2.45) is 0 Å². The third-order valence-corrected chi connectivity index (χ3v) is 5.99. The second-order valence-corrected chi connectivity index (χ2v) is 8.18. The monoisotopic (exact) mass is 393 g/mol. The summed E-state index contributed by atoms with van der Waals surface area (Å²) >= 11 is 7.91. The number of benzene rings is 2. The number of nitrogens with one attached hydrogen (secondary N) is 1. The zero-order chi connectivity index (χ0) is 19.0. The van der Waals surface area contributed by atoms with Crippen molar-refractivity contribution >= 4 is 44.7 Å². The Morgan fingerprint density at radius 2 is 1.81 bits per heavy atom. The highest BCUT2D eigenvalue weighted by Gasteiger charge is 2.14. The Kier molecular flexibility index (Phi) is 4.85. The number of hydrogen-bond donors (Lipinski definition) is 1. The lowest BCUT2D eigenvalue weighted by molar-refractivity contribution is 0.867. The molecule has 2 aromatic heterocycles. The summed E-state index contributed by atoms with van der Waals surface area (Å²) in [4.78, 5) is 9.91. The lowest BCUT2D eigenvalue weighted by atomic mass is 9.99. The van der Waals surface area contributed by atoms with Gasteiger partial charge in [0.05, 0.1) is 5.39 Å². The molecule has 0 aliphatic heterocycles. The maximum atomic E-state index is 6.27. The lowest BCUT2D eigenvalue weighted by Crippen LogP contribution is -1.96. The highest BCUT2D eigenvalue weighted by molar-refractivity contribution is 7.17. The normalized spacial score (nSPS) is 11.3. The summed E-state index contributed by atoms with van der Waals surface area (Å²) in [6, 6.07) is 14.7. The number of thiophene rings is 1. The Labute approximate surface area is 168 Å². The molecule has 2 aromatic carbocycles. The summed E-state index contributed by atoms with van der Waals surface area (Å²) in [6.45, 7) is 6.40. The van der Waals surface area contributed by atoms with Gasteiger partial charge in [0.1, 0.15) is 17.0 Å². The van der Waals surface area contributed by atoms with Crippen LogP contribution in [0.1, 0.15) is 30.9 Å². The van der Waals surface area contributed by atoms with Crippen LogP contribution in [0.5, 0.6) is 0 Å². The number of anilines is 2. The van der Waals surface area contributed by atoms with Crippen molar-refractivity contribution in [1.82, 2.24) is 9.97 Å². The fraction of sp³-hybridized carbons (Fsp3) is 0.182. The molecule has 0 atom stereocenters. The SMILES string of the molecule is Cc1ccc(Nc2ncnc3scc(-c4ccc(C(C)C)cc4)c23)cc1Cl. The molecule has 4 rings (SSSR count). The fourth-order valence-electron chi connectivity index (χ4n) is 3.04. The molecule has 0 saturated carbocycles. The topological polar surface area (TPSA) is 37.8 Å². The van der Waals surface area contributed by atoms with Crippen molar-refractivity contribution in [3.8, 4) is 11.1 Å². The number of halogens is 1. The largest absolute Gasteiger partial charge is 0.340 e. The minimum absolute atomic E-state index is 0.519. The van der Waals surface area contributed by atoms with Gasteiger partial charge in [-0.05, 0) is 41.7 Å². The van der Waals surface area contributed by atoms with Crippen LogP contribution in [0.15, 0.2) is 54.2 Å². The van der Waals surface area contributed by atoms with Crippen LogP contribution >= 0.6 is 22.9 Å². The first kappa shape index (κ1) is 18.0. The number of aryl methyl sites for hydroxylation is 1. The molecule has 0 saturated heterocycles. The van der Waals surface area contributed by atoms with Gasteiger partial charge in [0.15, 0.2) is 0 Å². The Balaban J connectivity index is 1.78. The van der Waals surface area contributed by atoms with Gasteiger partial charge >= 0.3 is 0 Å². The van der Waals surface area contributed by atoms with Crippen LogP contribution in [0, 0.1) is 6.92 Å². The van der Waals surface area contributed by atoms with E-state index in [9.17, 15) is 0 Å². The Hall–Kier alpha value is -2.43. The molecule has 0 fully saturated rings. The summed E-state index contributed by atoms with van der Waals surface area (Å²) in [7, 11) is 0. The quantitative estimate of drug-likeness (QED) is 0.398. The molecule has 0 spiro atoms. The summed E-state index contributed by atoms with van der Waals surface area (Å²) in [5, 5.41) is 7.34. The Morgan fingerprint density at radius 3 is 2.52 bits per heavy atom. The van der Waals surface area contributed by atoms with E-state index in [-0.39, 0.29) is 0 Å². The molecule has 2 heterocycles. The van der Waals surface area contributed by atoms with E-state index in [2.05, 4.69) is 58.8 Å². The van der Waals surface area contributed by atoms with Crippen LogP contribution < -0.4 is 5.32 Å². The highest BCUT2D eigenvalue weighted by atomic mass is 35.5. The van der Waals surface area contributed by atoms with E-state index in [4.69, 9.17) is 11.6 Å². The molecule has 0 radical (unpaired) electrons. The zero-order valence-electron chi connectivity index (χ0n) is 15.5. The fourth-order valence-corrected chi connectivity index (χ4v) is 4.13. The van der Waals surface area contributed by atoms with Crippen LogP contribution in [0.2, 0.25) is 5.02 Å². The minimum atomic E-state index is 0.519. The molecule has 0 unspecified atom stereocenters. The first-order chi connectivity index (χ1) is 13.0. The third-order valence-electron chi connectivity index (χ3n) is 4.69. The smallest absolute Gasteiger partial charge is 0.143 e. The van der Waals surface area contributed by atoms with Crippen molar-refractivity contribution in [3.05, 3.63) is 70.3 Å². The second-order valence-electron chi connectivity index (χ2n) is 6.92. The van der Waals surface area contributed by atoms with E-state index in [0.717, 1.165) is 37.9 Å². The molecule has 0 bridgehead atoms. The summed E-state index contributed by atoms with van der Waals surface area (Å²) in [5.74, 6) is 1.31. The molecule has 0 aliphatic carbocycles. The molecule has 5 heteroatoms. The molecule has 1 N–H and O–H groups in total. The number of hydrogen-bond acceptors (Lipinski definition) is 4. The van der Waals surface area contributed by atoms with E-state index in [1.807, 2.05) is 25.1 Å². The molecule has 3 nitrogen and oxygen atoms in total. The van der Waals surface area contributed by atoms with Gasteiger partial charge in [-0.2, -0.15) is 0 Å². The molecule has 136 valence electrons. The van der Waals surface area contributed by atoms with Gasteiger partial charge in [0.25, 0.3) is 0 Å². The van der Waals surface area contributed by atoms with Gasteiger partial charge < -0.3 is 5.32 Å². The predicted molar refractivity (Wildman–Crippen MR) is 116 cm³/mol. The van der Waals surface area contributed by atoms with Crippen LogP contribution in [0.25, 0.3) is 21.3 Å². The van der Waals surface area contributed by atoms with Crippen LogP contribution in [-0.4, -0.2) is 9.97 Å². The number of nitrogens with zero attached hydrogens (tertiary/aromatic N) is 2. The average Bonchev–Trinajstić information content (AvgIpc) is 3.10. The minimum Gasteiger partial charge on any atom is -0.340 e. The highest BCUT2D eigenvalue weighted by Crippen LogP contribution is 2.38. The van der Waals surface area contributed by atoms with Crippen LogP contribution in [-0.2, 0) is 0 Å². The Bertz CT molecular complexity index is 1100. The summed E-state index contributed by atoms with van der Waals surface area (Å²) in [6.07, 6.45) is 1.60. The molecule has 0 amide bonds. The molecule has 27 heavy (non-hydrogen) atoms. The van der Waals surface area contributed by atoms with Gasteiger partial charge in [-0.15, -0.1) is 11.3 Å². The van der Waals surface area contributed by atoms with E-state index < -0.39 is 0 Å². The van der Waals surface area contributed by atoms with Crippen LogP contribution in [0.3, 0.4) is 0 Å². The molecule has 0 aliphatic rings.